The van der Waals surface area contributed by atoms with E-state index in [0.717, 1.165) is 18.7 Å². The lowest BCUT2D eigenvalue weighted by atomic mass is 10.1. The van der Waals surface area contributed by atoms with Crippen LogP contribution in [-0.2, 0) is 0 Å². The van der Waals surface area contributed by atoms with Crippen molar-refractivity contribution in [2.75, 3.05) is 25.5 Å². The molecule has 1 aliphatic heterocycles. The molecule has 23 heavy (non-hydrogen) atoms. The van der Waals surface area contributed by atoms with Crippen molar-refractivity contribution >= 4 is 11.7 Å². The number of rotatable bonds is 6. The Bertz CT molecular complexity index is 495. The van der Waals surface area contributed by atoms with Crippen molar-refractivity contribution in [3.63, 3.8) is 0 Å². The lowest BCUT2D eigenvalue weighted by Crippen LogP contribution is -2.68. The van der Waals surface area contributed by atoms with E-state index >= 15 is 0 Å². The lowest BCUT2D eigenvalue weighted by molar-refractivity contribution is 0.194. The van der Waals surface area contributed by atoms with E-state index in [1.54, 1.807) is 31.4 Å². The molecule has 1 heterocycles. The van der Waals surface area contributed by atoms with Crippen molar-refractivity contribution in [2.24, 2.45) is 5.73 Å². The fourth-order valence-corrected chi connectivity index (χ4v) is 2.48. The van der Waals surface area contributed by atoms with Gasteiger partial charge in [-0.2, -0.15) is 0 Å². The third-order valence-corrected chi connectivity index (χ3v) is 3.57. The summed E-state index contributed by atoms with van der Waals surface area (Å²) in [5.74, 6) is 0.745. The lowest BCUT2D eigenvalue weighted by Gasteiger charge is -2.36. The van der Waals surface area contributed by atoms with Crippen LogP contribution in [-0.4, -0.2) is 44.7 Å². The van der Waals surface area contributed by atoms with Crippen LogP contribution in [0.3, 0.4) is 0 Å². The van der Waals surface area contributed by atoms with E-state index < -0.39 is 0 Å². The second-order valence-corrected chi connectivity index (χ2v) is 5.53. The van der Waals surface area contributed by atoms with E-state index in [0.29, 0.717) is 12.2 Å². The van der Waals surface area contributed by atoms with Crippen LogP contribution in [0.15, 0.2) is 24.3 Å². The molecular weight excluding hydrogens is 296 g/mol. The van der Waals surface area contributed by atoms with Gasteiger partial charge >= 0.3 is 6.03 Å². The number of urea groups is 1. The van der Waals surface area contributed by atoms with Gasteiger partial charge in [0.1, 0.15) is 12.0 Å². The summed E-state index contributed by atoms with van der Waals surface area (Å²) in [5.41, 5.74) is 6.21. The fourth-order valence-electron chi connectivity index (χ4n) is 2.48. The Morgan fingerprint density at radius 3 is 2.74 bits per heavy atom. The van der Waals surface area contributed by atoms with Gasteiger partial charge in [-0.3, -0.25) is 10.6 Å². The number of benzene rings is 1. The minimum atomic E-state index is -0.313. The van der Waals surface area contributed by atoms with Gasteiger partial charge in [-0.05, 0) is 37.6 Å². The highest BCUT2D eigenvalue weighted by Crippen LogP contribution is 2.14. The Balaban J connectivity index is 1.83. The number of amides is 2. The molecule has 128 valence electrons. The molecule has 8 heteroatoms. The summed E-state index contributed by atoms with van der Waals surface area (Å²) in [6.45, 7) is 3.39. The van der Waals surface area contributed by atoms with Crippen molar-refractivity contribution in [2.45, 2.75) is 31.8 Å². The molecule has 1 aliphatic rings. The molecule has 0 spiro atoms. The average Bonchev–Trinajstić information content (AvgIpc) is 2.53. The smallest absolute Gasteiger partial charge is 0.321 e. The second kappa shape index (κ2) is 8.68. The van der Waals surface area contributed by atoms with E-state index in [2.05, 4.69) is 33.5 Å². The zero-order valence-corrected chi connectivity index (χ0v) is 13.6. The first-order valence-corrected chi connectivity index (χ1v) is 7.78. The quantitative estimate of drug-likeness (QED) is 0.438. The highest BCUT2D eigenvalue weighted by atomic mass is 16.5. The predicted molar refractivity (Wildman–Crippen MR) is 90.1 cm³/mol. The van der Waals surface area contributed by atoms with Gasteiger partial charge in [0.15, 0.2) is 0 Å². The molecule has 3 atom stereocenters. The van der Waals surface area contributed by atoms with E-state index in [4.69, 9.17) is 10.5 Å². The summed E-state index contributed by atoms with van der Waals surface area (Å²) < 4.78 is 5.09. The van der Waals surface area contributed by atoms with Crippen molar-refractivity contribution in [1.29, 1.82) is 0 Å². The van der Waals surface area contributed by atoms with Gasteiger partial charge in [0.2, 0.25) is 0 Å². The number of carbonyl (C=O) groups is 1. The Hall–Kier alpha value is -1.87. The van der Waals surface area contributed by atoms with Crippen LogP contribution in [0.1, 0.15) is 13.3 Å². The Morgan fingerprint density at radius 2 is 2.09 bits per heavy atom. The molecule has 0 aliphatic carbocycles. The Morgan fingerprint density at radius 1 is 1.35 bits per heavy atom. The molecule has 1 fully saturated rings. The van der Waals surface area contributed by atoms with Crippen molar-refractivity contribution < 1.29 is 9.53 Å². The third-order valence-electron chi connectivity index (χ3n) is 3.57. The minimum Gasteiger partial charge on any atom is -0.497 e. The number of methoxy groups -OCH3 is 1. The minimum absolute atomic E-state index is 0.112. The zero-order valence-electron chi connectivity index (χ0n) is 13.6. The summed E-state index contributed by atoms with van der Waals surface area (Å²) in [6, 6.07) is 7.15. The predicted octanol–water partition coefficient (Wildman–Crippen LogP) is -0.0539. The molecule has 7 N–H and O–H groups in total. The number of hydrogen-bond donors (Lipinski definition) is 6. The van der Waals surface area contributed by atoms with E-state index in [9.17, 15) is 4.79 Å². The largest absolute Gasteiger partial charge is 0.497 e. The van der Waals surface area contributed by atoms with Crippen LogP contribution < -0.4 is 37.1 Å². The molecule has 8 nitrogen and oxygen atoms in total. The Labute approximate surface area is 136 Å². The molecular formula is C15H26N6O2. The summed E-state index contributed by atoms with van der Waals surface area (Å²) in [6.07, 6.45) is 0.714. The summed E-state index contributed by atoms with van der Waals surface area (Å²) >= 11 is 0. The van der Waals surface area contributed by atoms with Crippen molar-refractivity contribution in [3.05, 3.63) is 24.3 Å². The van der Waals surface area contributed by atoms with Crippen molar-refractivity contribution in [1.82, 2.24) is 21.3 Å². The molecule has 1 aromatic rings. The van der Waals surface area contributed by atoms with Crippen LogP contribution in [0.5, 0.6) is 5.75 Å². The number of nitrogens with two attached hydrogens (primary N) is 1. The summed E-state index contributed by atoms with van der Waals surface area (Å²) in [7, 11) is 1.60. The van der Waals surface area contributed by atoms with Gasteiger partial charge < -0.3 is 26.4 Å². The molecule has 0 saturated carbocycles. The van der Waals surface area contributed by atoms with Gasteiger partial charge in [-0.15, -0.1) is 0 Å². The molecule has 0 bridgehead atoms. The maximum absolute atomic E-state index is 12.1. The molecule has 3 unspecified atom stereocenters. The first-order valence-electron chi connectivity index (χ1n) is 7.78. The maximum Gasteiger partial charge on any atom is 0.321 e. The molecule has 0 aromatic heterocycles. The molecule has 0 radical (unpaired) electrons. The van der Waals surface area contributed by atoms with Crippen LogP contribution in [0.4, 0.5) is 10.5 Å². The van der Waals surface area contributed by atoms with Gasteiger partial charge in [0.05, 0.1) is 13.3 Å². The topological polar surface area (TPSA) is 112 Å². The molecule has 2 rings (SSSR count). The van der Waals surface area contributed by atoms with E-state index in [1.807, 2.05) is 0 Å². The van der Waals surface area contributed by atoms with Crippen molar-refractivity contribution in [3.8, 4) is 5.75 Å². The number of anilines is 1. The molecule has 1 aromatic carbocycles. The number of hydrogen-bond acceptors (Lipinski definition) is 6. The normalized spacial score (nSPS) is 24.0. The fraction of sp³-hybridized carbons (Fsp3) is 0.533. The Kier molecular flexibility index (Phi) is 6.60. The SMILES string of the molecule is COc1ccc(NC(=O)NC2NC(C)CC(NCCN)N2)cc1. The summed E-state index contributed by atoms with van der Waals surface area (Å²) in [4.78, 5) is 12.1. The molecule has 1 saturated heterocycles. The van der Waals surface area contributed by atoms with Gasteiger partial charge in [0, 0.05) is 24.8 Å². The van der Waals surface area contributed by atoms with E-state index in [-0.39, 0.29) is 24.5 Å². The van der Waals surface area contributed by atoms with Crippen LogP contribution >= 0.6 is 0 Å². The van der Waals surface area contributed by atoms with E-state index in [1.165, 1.54) is 0 Å². The van der Waals surface area contributed by atoms with Gasteiger partial charge in [-0.25, -0.2) is 4.79 Å². The number of ether oxygens (including phenoxy) is 1. The zero-order chi connectivity index (χ0) is 16.7. The van der Waals surface area contributed by atoms with Gasteiger partial charge in [-0.1, -0.05) is 0 Å². The average molecular weight is 322 g/mol. The number of carbonyl (C=O) groups excluding carboxylic acids is 1. The summed E-state index contributed by atoms with van der Waals surface area (Å²) in [5, 5.41) is 15.5. The second-order valence-electron chi connectivity index (χ2n) is 5.53. The van der Waals surface area contributed by atoms with Crippen LogP contribution in [0.25, 0.3) is 0 Å². The maximum atomic E-state index is 12.1. The highest BCUT2D eigenvalue weighted by Gasteiger charge is 2.25. The first-order chi connectivity index (χ1) is 11.1. The standard InChI is InChI=1S/C15H26N6O2/c1-10-9-13(17-8-7-16)20-14(18-10)21-15(22)19-11-3-5-12(23-2)6-4-11/h3-6,10,13-14,17-18,20H,7-9,16H2,1-2H3,(H2,19,21,22). The highest BCUT2D eigenvalue weighted by molar-refractivity contribution is 5.89. The molecule has 2 amide bonds. The monoisotopic (exact) mass is 322 g/mol. The first kappa shape index (κ1) is 17.5. The number of nitrogens with one attached hydrogen (secondary N) is 5. The van der Waals surface area contributed by atoms with Gasteiger partial charge in [0.25, 0.3) is 0 Å². The third kappa shape index (κ3) is 5.68. The van der Waals surface area contributed by atoms with Crippen LogP contribution in [0.2, 0.25) is 0 Å². The van der Waals surface area contributed by atoms with Crippen LogP contribution in [0, 0.1) is 0 Å².